The van der Waals surface area contributed by atoms with Gasteiger partial charge < -0.3 is 4.74 Å². The van der Waals surface area contributed by atoms with Gasteiger partial charge in [0.05, 0.1) is 12.2 Å². The van der Waals surface area contributed by atoms with E-state index < -0.39 is 0 Å². The van der Waals surface area contributed by atoms with Crippen LogP contribution in [0, 0.1) is 0 Å². The lowest BCUT2D eigenvalue weighted by Gasteiger charge is -1.97. The molecule has 3 heteroatoms. The number of ether oxygens (including phenoxy) is 1. The van der Waals surface area contributed by atoms with Gasteiger partial charge in [0, 0.05) is 4.47 Å². The standard InChI is InChI=1S/C13H13BrO2/c1-3-16-13(15)10(2)4-5-11-6-8-12(14)9-7-11/h5-9H,3H2,1-2H3. The number of benzene rings is 1. The highest BCUT2D eigenvalue weighted by atomic mass is 79.9. The van der Waals surface area contributed by atoms with Gasteiger partial charge in [-0.15, -0.1) is 5.73 Å². The molecule has 0 unspecified atom stereocenters. The van der Waals surface area contributed by atoms with E-state index in [0.717, 1.165) is 10.0 Å². The van der Waals surface area contributed by atoms with E-state index in [-0.39, 0.29) is 5.97 Å². The van der Waals surface area contributed by atoms with Gasteiger partial charge in [0.2, 0.25) is 0 Å². The van der Waals surface area contributed by atoms with E-state index in [2.05, 4.69) is 21.7 Å². The molecule has 0 fully saturated rings. The second kappa shape index (κ2) is 6.31. The molecule has 0 saturated heterocycles. The molecule has 1 aromatic carbocycles. The number of rotatable bonds is 3. The third-order valence-electron chi connectivity index (χ3n) is 1.91. The summed E-state index contributed by atoms with van der Waals surface area (Å²) in [7, 11) is 0. The quantitative estimate of drug-likeness (QED) is 0.481. The zero-order chi connectivity index (χ0) is 12.0. The van der Waals surface area contributed by atoms with Gasteiger partial charge in [0.25, 0.3) is 0 Å². The number of esters is 1. The van der Waals surface area contributed by atoms with Crippen molar-refractivity contribution >= 4 is 28.0 Å². The molecule has 1 rings (SSSR count). The summed E-state index contributed by atoms with van der Waals surface area (Å²) in [6, 6.07) is 7.76. The molecule has 0 N–H and O–H groups in total. The minimum absolute atomic E-state index is 0.323. The molecule has 0 saturated carbocycles. The summed E-state index contributed by atoms with van der Waals surface area (Å²) in [4.78, 5) is 11.3. The summed E-state index contributed by atoms with van der Waals surface area (Å²) in [5.74, 6) is -0.323. The highest BCUT2D eigenvalue weighted by Crippen LogP contribution is 2.11. The maximum atomic E-state index is 11.3. The van der Waals surface area contributed by atoms with E-state index in [1.165, 1.54) is 0 Å². The van der Waals surface area contributed by atoms with Crippen molar-refractivity contribution in [1.82, 2.24) is 0 Å². The van der Waals surface area contributed by atoms with E-state index in [4.69, 9.17) is 4.74 Å². The van der Waals surface area contributed by atoms with E-state index in [1.54, 1.807) is 19.9 Å². The second-order valence-electron chi connectivity index (χ2n) is 3.19. The molecule has 0 radical (unpaired) electrons. The molecule has 0 amide bonds. The van der Waals surface area contributed by atoms with Gasteiger partial charge in [-0.25, -0.2) is 4.79 Å². The molecule has 2 nitrogen and oxygen atoms in total. The van der Waals surface area contributed by atoms with Crippen molar-refractivity contribution < 1.29 is 9.53 Å². The number of carbonyl (C=O) groups is 1. The number of carbonyl (C=O) groups excluding carboxylic acids is 1. The van der Waals surface area contributed by atoms with Crippen molar-refractivity contribution in [2.45, 2.75) is 13.8 Å². The van der Waals surface area contributed by atoms with Crippen LogP contribution in [0.25, 0.3) is 6.08 Å². The Morgan fingerprint density at radius 1 is 1.44 bits per heavy atom. The predicted octanol–water partition coefficient (Wildman–Crippen LogP) is 3.57. The average Bonchev–Trinajstić information content (AvgIpc) is 2.28. The van der Waals surface area contributed by atoms with Crippen molar-refractivity contribution in [3.63, 3.8) is 0 Å². The maximum Gasteiger partial charge on any atom is 0.341 e. The lowest BCUT2D eigenvalue weighted by Crippen LogP contribution is -2.03. The molecule has 1 aromatic rings. The van der Waals surface area contributed by atoms with Crippen molar-refractivity contribution in [2.24, 2.45) is 0 Å². The third kappa shape index (κ3) is 4.05. The smallest absolute Gasteiger partial charge is 0.341 e. The van der Waals surface area contributed by atoms with E-state index in [0.29, 0.717) is 12.2 Å². The van der Waals surface area contributed by atoms with Crippen LogP contribution in [-0.4, -0.2) is 12.6 Å². The molecular formula is C13H13BrO2. The molecule has 0 spiro atoms. The van der Waals surface area contributed by atoms with E-state index in [1.807, 2.05) is 24.3 Å². The van der Waals surface area contributed by atoms with Crippen LogP contribution in [-0.2, 0) is 9.53 Å². The van der Waals surface area contributed by atoms with E-state index >= 15 is 0 Å². The Morgan fingerprint density at radius 3 is 2.62 bits per heavy atom. The minimum atomic E-state index is -0.323. The van der Waals surface area contributed by atoms with Gasteiger partial charge in [-0.05, 0) is 37.6 Å². The normalized spacial score (nSPS) is 9.19. The average molecular weight is 281 g/mol. The van der Waals surface area contributed by atoms with Crippen molar-refractivity contribution in [2.75, 3.05) is 6.61 Å². The summed E-state index contributed by atoms with van der Waals surface area (Å²) in [6.45, 7) is 3.85. The van der Waals surface area contributed by atoms with Crippen molar-refractivity contribution in [1.29, 1.82) is 0 Å². The topological polar surface area (TPSA) is 26.3 Å². The van der Waals surface area contributed by atoms with Crippen molar-refractivity contribution in [3.8, 4) is 0 Å². The van der Waals surface area contributed by atoms with Gasteiger partial charge >= 0.3 is 5.97 Å². The van der Waals surface area contributed by atoms with Gasteiger partial charge in [-0.3, -0.25) is 0 Å². The van der Waals surface area contributed by atoms with Crippen LogP contribution >= 0.6 is 15.9 Å². The first-order valence-electron chi connectivity index (χ1n) is 4.99. The Balaban J connectivity index is 2.82. The fraction of sp³-hybridized carbons (Fsp3) is 0.231. The molecule has 0 aliphatic carbocycles. The van der Waals surface area contributed by atoms with Gasteiger partial charge in [-0.1, -0.05) is 28.1 Å². The van der Waals surface area contributed by atoms with E-state index in [9.17, 15) is 4.79 Å². The highest BCUT2D eigenvalue weighted by Gasteiger charge is 2.01. The Bertz CT molecular complexity index is 426. The molecule has 0 atom stereocenters. The molecular weight excluding hydrogens is 268 g/mol. The number of hydrogen-bond donors (Lipinski definition) is 0. The monoisotopic (exact) mass is 280 g/mol. The van der Waals surface area contributed by atoms with Crippen LogP contribution in [0.3, 0.4) is 0 Å². The van der Waals surface area contributed by atoms with Crippen LogP contribution in [0.2, 0.25) is 0 Å². The molecule has 0 aliphatic rings. The number of hydrogen-bond acceptors (Lipinski definition) is 2. The Kier molecular flexibility index (Phi) is 5.03. The first kappa shape index (κ1) is 12.8. The zero-order valence-electron chi connectivity index (χ0n) is 9.29. The van der Waals surface area contributed by atoms with Crippen LogP contribution in [0.1, 0.15) is 19.4 Å². The first-order chi connectivity index (χ1) is 7.63. The first-order valence-corrected chi connectivity index (χ1v) is 5.78. The summed E-state index contributed by atoms with van der Waals surface area (Å²) in [5, 5.41) is 0. The third-order valence-corrected chi connectivity index (χ3v) is 2.44. The lowest BCUT2D eigenvalue weighted by atomic mass is 10.2. The fourth-order valence-corrected chi connectivity index (χ4v) is 1.31. The summed E-state index contributed by atoms with van der Waals surface area (Å²) in [5.41, 5.74) is 4.37. The largest absolute Gasteiger partial charge is 0.462 e. The molecule has 84 valence electrons. The highest BCUT2D eigenvalue weighted by molar-refractivity contribution is 9.10. The predicted molar refractivity (Wildman–Crippen MR) is 67.9 cm³/mol. The maximum absolute atomic E-state index is 11.3. The minimum Gasteiger partial charge on any atom is -0.462 e. The van der Waals surface area contributed by atoms with Crippen LogP contribution in [0.15, 0.2) is 40.0 Å². The number of halogens is 1. The molecule has 0 aliphatic heterocycles. The molecule has 0 aromatic heterocycles. The van der Waals surface area contributed by atoms with Crippen LogP contribution in [0.4, 0.5) is 0 Å². The SMILES string of the molecule is CCOC(=O)C(C)=C=Cc1ccc(Br)cc1. The summed E-state index contributed by atoms with van der Waals surface area (Å²) >= 11 is 3.36. The summed E-state index contributed by atoms with van der Waals surface area (Å²) < 4.78 is 5.87. The second-order valence-corrected chi connectivity index (χ2v) is 4.10. The molecule has 0 bridgehead atoms. The Labute approximate surface area is 104 Å². The lowest BCUT2D eigenvalue weighted by molar-refractivity contribution is -0.138. The fourth-order valence-electron chi connectivity index (χ4n) is 1.05. The molecule has 16 heavy (non-hydrogen) atoms. The summed E-state index contributed by atoms with van der Waals surface area (Å²) in [6.07, 6.45) is 1.76. The Hall–Kier alpha value is -1.31. The molecule has 0 heterocycles. The van der Waals surface area contributed by atoms with Gasteiger partial charge in [0.15, 0.2) is 0 Å². The van der Waals surface area contributed by atoms with Crippen LogP contribution in [0.5, 0.6) is 0 Å². The Morgan fingerprint density at radius 2 is 2.06 bits per heavy atom. The van der Waals surface area contributed by atoms with Crippen LogP contribution < -0.4 is 0 Å². The zero-order valence-corrected chi connectivity index (χ0v) is 10.9. The van der Waals surface area contributed by atoms with Gasteiger partial charge in [-0.2, -0.15) is 0 Å². The van der Waals surface area contributed by atoms with Crippen molar-refractivity contribution in [3.05, 3.63) is 45.6 Å². The van der Waals surface area contributed by atoms with Gasteiger partial charge in [0.1, 0.15) is 0 Å².